The van der Waals surface area contributed by atoms with Crippen LogP contribution in [0.25, 0.3) is 0 Å². The molecule has 0 fully saturated rings. The van der Waals surface area contributed by atoms with Crippen LogP contribution in [0.3, 0.4) is 0 Å². The van der Waals surface area contributed by atoms with Crippen molar-refractivity contribution in [2.24, 2.45) is 47.2 Å². The van der Waals surface area contributed by atoms with E-state index in [2.05, 4.69) is 122 Å². The number of hydrogen-bond acceptors (Lipinski definition) is 10. The number of hydrogen-bond donors (Lipinski definition) is 3. The summed E-state index contributed by atoms with van der Waals surface area (Å²) >= 11 is 0. The first-order chi connectivity index (χ1) is 30.5. The van der Waals surface area contributed by atoms with Crippen LogP contribution in [0.2, 0.25) is 54.4 Å². The van der Waals surface area contributed by atoms with Crippen molar-refractivity contribution >= 4 is 42.9 Å². The standard InChI is InChI=1S/C52H103N3O10Si3/c1-27-28-29-34(2)44(62-49(53)60)38(6)46(65-68(25,26)52(15,16)17)39(7)47(58)54(18)33-36(4)43(63-66(21,22)50(9,10)11)35(3)30-31-41(56)32-42(57)37(5)45(40(8)48(59)55(19)61-20)64-67(23,24)51(12,13)14/h27-31,34-46,56-57H,1,32-33H2,2-26H3,(H2,53,60)/t34-,35-,36-,37-,38+,39+,40+,41+,42-,43-,44-,45-,46-/m0/s1. The summed E-state index contributed by atoms with van der Waals surface area (Å²) < 4.78 is 26.9. The van der Waals surface area contributed by atoms with Gasteiger partial charge in [0.05, 0.1) is 49.5 Å². The minimum Gasteiger partial charge on any atom is -0.445 e. The number of rotatable bonds is 27. The Morgan fingerprint density at radius 2 is 1.03 bits per heavy atom. The van der Waals surface area contributed by atoms with E-state index in [4.69, 9.17) is 28.6 Å². The minimum absolute atomic E-state index is 0.0341. The van der Waals surface area contributed by atoms with E-state index in [1.165, 1.54) is 12.2 Å². The molecule has 0 radical (unpaired) electrons. The summed E-state index contributed by atoms with van der Waals surface area (Å²) in [4.78, 5) is 47.4. The Morgan fingerprint density at radius 3 is 1.43 bits per heavy atom. The first kappa shape index (κ1) is 65.8. The van der Waals surface area contributed by atoms with E-state index in [1.807, 2.05) is 53.0 Å². The smallest absolute Gasteiger partial charge is 0.404 e. The molecule has 16 heteroatoms. The zero-order valence-electron chi connectivity index (χ0n) is 47.6. The monoisotopic (exact) mass is 1010 g/mol. The number of carbonyl (C=O) groups is 3. The molecular weight excluding hydrogens is 911 g/mol. The molecule has 68 heavy (non-hydrogen) atoms. The largest absolute Gasteiger partial charge is 0.445 e. The highest BCUT2D eigenvalue weighted by molar-refractivity contribution is 6.75. The summed E-state index contributed by atoms with van der Waals surface area (Å²) in [7, 11) is -2.40. The van der Waals surface area contributed by atoms with E-state index >= 15 is 0 Å². The van der Waals surface area contributed by atoms with Crippen molar-refractivity contribution in [3.63, 3.8) is 0 Å². The first-order valence-electron chi connectivity index (χ1n) is 24.9. The Hall–Kier alpha value is -2.16. The lowest BCUT2D eigenvalue weighted by molar-refractivity contribution is -0.177. The van der Waals surface area contributed by atoms with E-state index in [0.29, 0.717) is 6.54 Å². The maximum absolute atomic E-state index is 14.7. The van der Waals surface area contributed by atoms with Gasteiger partial charge >= 0.3 is 6.09 Å². The molecule has 13 nitrogen and oxygen atoms in total. The lowest BCUT2D eigenvalue weighted by Crippen LogP contribution is -2.54. The molecule has 0 aromatic carbocycles. The average molecular weight is 1010 g/mol. The number of ether oxygens (including phenoxy) is 1. The van der Waals surface area contributed by atoms with Crippen molar-refractivity contribution in [3.05, 3.63) is 37.0 Å². The van der Waals surface area contributed by atoms with Gasteiger partial charge in [-0.15, -0.1) is 0 Å². The van der Waals surface area contributed by atoms with E-state index in [9.17, 15) is 24.6 Å². The number of nitrogens with two attached hydrogens (primary N) is 1. The molecule has 0 saturated carbocycles. The maximum Gasteiger partial charge on any atom is 0.404 e. The van der Waals surface area contributed by atoms with Crippen molar-refractivity contribution in [2.45, 2.75) is 208 Å². The second kappa shape index (κ2) is 26.5. The van der Waals surface area contributed by atoms with Crippen molar-refractivity contribution in [1.29, 1.82) is 0 Å². The normalized spacial score (nSPS) is 19.5. The Balaban J connectivity index is 6.91. The Morgan fingerprint density at radius 1 is 0.632 bits per heavy atom. The zero-order valence-corrected chi connectivity index (χ0v) is 50.6. The SMILES string of the molecule is C=CC=C[C@H](C)[C@H](OC(N)=O)[C@@H](C)[C@H](O[Si](C)(C)C(C)(C)C)[C@@H](C)C(=O)N(C)C[C@H](C)[C@@H](O[Si](C)(C)C(C)(C)C)[C@@H](C)C=C[C@@H](O)C[C@H](O)[C@H](C)[C@H](O[Si](C)(C)C(C)(C)C)[C@@H](C)C(=O)N(C)OC. The van der Waals surface area contributed by atoms with Gasteiger partial charge in [-0.3, -0.25) is 14.4 Å². The predicted octanol–water partition coefficient (Wildman–Crippen LogP) is 11.0. The molecule has 0 aliphatic heterocycles. The Kier molecular flexibility index (Phi) is 25.7. The lowest BCUT2D eigenvalue weighted by Gasteiger charge is -2.45. The minimum atomic E-state index is -2.46. The molecule has 0 aromatic heterocycles. The van der Waals surface area contributed by atoms with Gasteiger partial charge in [-0.05, 0) is 66.2 Å². The summed E-state index contributed by atoms with van der Waals surface area (Å²) in [5.41, 5.74) is 5.63. The van der Waals surface area contributed by atoms with Gasteiger partial charge in [-0.25, -0.2) is 9.86 Å². The third-order valence-electron chi connectivity index (χ3n) is 15.7. The van der Waals surface area contributed by atoms with Crippen molar-refractivity contribution in [1.82, 2.24) is 9.96 Å². The molecule has 4 N–H and O–H groups in total. The van der Waals surface area contributed by atoms with Gasteiger partial charge in [0.25, 0.3) is 5.91 Å². The van der Waals surface area contributed by atoms with Crippen molar-refractivity contribution < 1.29 is 47.4 Å². The fourth-order valence-electron chi connectivity index (χ4n) is 7.80. The first-order valence-corrected chi connectivity index (χ1v) is 33.7. The summed E-state index contributed by atoms with van der Waals surface area (Å²) in [5.74, 6) is -3.05. The number of amides is 3. The Labute approximate surface area is 418 Å². The molecule has 3 amide bonds. The zero-order chi connectivity index (χ0) is 53.9. The van der Waals surface area contributed by atoms with Crippen LogP contribution >= 0.6 is 0 Å². The van der Waals surface area contributed by atoms with Gasteiger partial charge in [0, 0.05) is 44.8 Å². The number of allylic oxidation sites excluding steroid dienone is 2. The highest BCUT2D eigenvalue weighted by atomic mass is 28.4. The topological polar surface area (TPSA) is 170 Å². The molecule has 0 aliphatic rings. The third kappa shape index (κ3) is 19.1. The number of hydroxylamine groups is 2. The Bertz CT molecular complexity index is 1650. The van der Waals surface area contributed by atoms with Crippen molar-refractivity contribution in [3.8, 4) is 0 Å². The van der Waals surface area contributed by atoms with E-state index in [1.54, 1.807) is 31.0 Å². The number of nitrogens with zero attached hydrogens (tertiary/aromatic N) is 2. The molecule has 0 saturated heterocycles. The fraction of sp³-hybridized carbons (Fsp3) is 0.827. The number of carbonyl (C=O) groups excluding carboxylic acids is 3. The molecule has 0 unspecified atom stereocenters. The van der Waals surface area contributed by atoms with E-state index in [0.717, 1.165) is 0 Å². The summed E-state index contributed by atoms with van der Waals surface area (Å²) in [6, 6.07) is 0. The van der Waals surface area contributed by atoms with Gasteiger partial charge in [0.2, 0.25) is 5.91 Å². The quantitative estimate of drug-likeness (QED) is 0.0311. The molecule has 0 aromatic rings. The van der Waals surface area contributed by atoms with Gasteiger partial charge in [-0.2, -0.15) is 0 Å². The average Bonchev–Trinajstić information content (AvgIpc) is 3.20. The molecule has 398 valence electrons. The summed E-state index contributed by atoms with van der Waals surface area (Å²) in [6.45, 7) is 50.3. The second-order valence-corrected chi connectivity index (χ2v) is 38.8. The number of aliphatic hydroxyl groups excluding tert-OH is 2. The van der Waals surface area contributed by atoms with Crippen LogP contribution < -0.4 is 5.73 Å². The second-order valence-electron chi connectivity index (χ2n) is 24.5. The molecule has 0 aliphatic carbocycles. The van der Waals surface area contributed by atoms with Crippen LogP contribution in [0.4, 0.5) is 4.79 Å². The fourth-order valence-corrected chi connectivity index (χ4v) is 12.2. The van der Waals surface area contributed by atoms with Crippen LogP contribution in [0.5, 0.6) is 0 Å². The number of aliphatic hydroxyl groups is 2. The number of primary amides is 1. The molecule has 13 atom stereocenters. The lowest BCUT2D eigenvalue weighted by atomic mass is 9.83. The molecule has 0 spiro atoms. The van der Waals surface area contributed by atoms with Crippen LogP contribution in [0.1, 0.15) is 117 Å². The van der Waals surface area contributed by atoms with Crippen LogP contribution in [0, 0.1) is 41.4 Å². The van der Waals surface area contributed by atoms with Crippen LogP contribution in [-0.4, -0.2) is 127 Å². The highest BCUT2D eigenvalue weighted by Gasteiger charge is 2.48. The predicted molar refractivity (Wildman–Crippen MR) is 287 cm³/mol. The van der Waals surface area contributed by atoms with Gasteiger partial charge in [0.15, 0.2) is 25.0 Å². The molecule has 0 bridgehead atoms. The molecule has 0 heterocycles. The third-order valence-corrected chi connectivity index (χ3v) is 29.1. The molecule has 0 rings (SSSR count). The van der Waals surface area contributed by atoms with Crippen molar-refractivity contribution in [2.75, 3.05) is 27.7 Å². The van der Waals surface area contributed by atoms with E-state index < -0.39 is 85.2 Å². The van der Waals surface area contributed by atoms with Crippen LogP contribution in [0.15, 0.2) is 37.0 Å². The van der Waals surface area contributed by atoms with E-state index in [-0.39, 0.29) is 57.2 Å². The van der Waals surface area contributed by atoms with Gasteiger partial charge in [0.1, 0.15) is 6.10 Å². The highest BCUT2D eigenvalue weighted by Crippen LogP contribution is 2.43. The summed E-state index contributed by atoms with van der Waals surface area (Å²) in [5, 5.41) is 23.9. The van der Waals surface area contributed by atoms with Crippen LogP contribution in [-0.2, 0) is 32.4 Å². The van der Waals surface area contributed by atoms with Gasteiger partial charge < -0.3 is 38.9 Å². The molecular formula is C52H103N3O10Si3. The summed E-state index contributed by atoms with van der Waals surface area (Å²) in [6.07, 6.45) is 4.01. The van der Waals surface area contributed by atoms with Gasteiger partial charge in [-0.1, -0.05) is 148 Å². The maximum atomic E-state index is 14.7.